The van der Waals surface area contributed by atoms with E-state index in [0.717, 1.165) is 11.1 Å². The lowest BCUT2D eigenvalue weighted by atomic mass is 10.1. The highest BCUT2D eigenvalue weighted by molar-refractivity contribution is 5.88. The molecule has 0 atom stereocenters. The molecule has 0 radical (unpaired) electrons. The number of carbonyl (C=O) groups is 2. The smallest absolute Gasteiger partial charge is 0.244 e. The van der Waals surface area contributed by atoms with E-state index in [1.807, 2.05) is 50.3 Å². The summed E-state index contributed by atoms with van der Waals surface area (Å²) >= 11 is 0. The van der Waals surface area contributed by atoms with Gasteiger partial charge in [-0.3, -0.25) is 9.59 Å². The van der Waals surface area contributed by atoms with Crippen LogP contribution in [0.5, 0.6) is 0 Å². The Kier molecular flexibility index (Phi) is 9.31. The number of benzene rings is 1. The minimum Gasteiger partial charge on any atom is -0.348 e. The standard InChI is InChI=1S/C20H24N2O2/c1-3-5-7-9-19(23)21-15-17-11-13-18(14-12-17)16-22-20(24)10-8-6-4-2/h3-14H,15-16H2,1-2H3,(H,21,23)(H,22,24)/b5-3+,6-4+,9-7+,10-8+. The first-order valence-electron chi connectivity index (χ1n) is 7.88. The van der Waals surface area contributed by atoms with Crippen molar-refractivity contribution >= 4 is 11.8 Å². The van der Waals surface area contributed by atoms with Gasteiger partial charge in [-0.15, -0.1) is 0 Å². The number of allylic oxidation sites excluding steroid dienone is 6. The SMILES string of the molecule is C/C=C/C=C/C(=O)NCc1ccc(CNC(=O)/C=C/C=C/C)cc1. The van der Waals surface area contributed by atoms with Crippen molar-refractivity contribution in [1.29, 1.82) is 0 Å². The van der Waals surface area contributed by atoms with Gasteiger partial charge in [0.25, 0.3) is 0 Å². The van der Waals surface area contributed by atoms with Gasteiger partial charge in [-0.25, -0.2) is 0 Å². The largest absolute Gasteiger partial charge is 0.348 e. The number of rotatable bonds is 8. The van der Waals surface area contributed by atoms with Crippen LogP contribution in [0, 0.1) is 0 Å². The van der Waals surface area contributed by atoms with Crippen LogP contribution in [0.3, 0.4) is 0 Å². The Hall–Kier alpha value is -2.88. The monoisotopic (exact) mass is 324 g/mol. The van der Waals surface area contributed by atoms with Gasteiger partial charge in [0.2, 0.25) is 11.8 Å². The van der Waals surface area contributed by atoms with E-state index in [2.05, 4.69) is 10.6 Å². The average Bonchev–Trinajstić information content (AvgIpc) is 2.59. The first-order chi connectivity index (χ1) is 11.7. The molecule has 0 aromatic heterocycles. The highest BCUT2D eigenvalue weighted by Gasteiger charge is 1.99. The van der Waals surface area contributed by atoms with Crippen molar-refractivity contribution in [1.82, 2.24) is 10.6 Å². The molecule has 4 heteroatoms. The number of nitrogens with one attached hydrogen (secondary N) is 2. The minimum atomic E-state index is -0.127. The van der Waals surface area contributed by atoms with Crippen LogP contribution in [0.25, 0.3) is 0 Å². The lowest BCUT2D eigenvalue weighted by Crippen LogP contribution is -2.21. The second-order valence-corrected chi connectivity index (χ2v) is 5.02. The molecule has 2 amide bonds. The summed E-state index contributed by atoms with van der Waals surface area (Å²) in [6, 6.07) is 7.75. The van der Waals surface area contributed by atoms with Crippen LogP contribution < -0.4 is 10.6 Å². The predicted molar refractivity (Wildman–Crippen MR) is 98.0 cm³/mol. The van der Waals surface area contributed by atoms with Gasteiger partial charge in [-0.2, -0.15) is 0 Å². The third-order valence-electron chi connectivity index (χ3n) is 3.06. The van der Waals surface area contributed by atoms with E-state index in [9.17, 15) is 9.59 Å². The van der Waals surface area contributed by atoms with Gasteiger partial charge in [0, 0.05) is 25.2 Å². The molecule has 1 rings (SSSR count). The first kappa shape index (κ1) is 19.2. The Bertz CT molecular complexity index is 581. The molecule has 1 aromatic carbocycles. The molecule has 126 valence electrons. The van der Waals surface area contributed by atoms with Gasteiger partial charge in [0.05, 0.1) is 0 Å². The van der Waals surface area contributed by atoms with E-state index in [4.69, 9.17) is 0 Å². The summed E-state index contributed by atoms with van der Waals surface area (Å²) < 4.78 is 0. The Morgan fingerprint density at radius 2 is 1.12 bits per heavy atom. The zero-order valence-electron chi connectivity index (χ0n) is 14.2. The molecule has 24 heavy (non-hydrogen) atoms. The molecule has 0 saturated heterocycles. The van der Waals surface area contributed by atoms with Crippen molar-refractivity contribution in [3.8, 4) is 0 Å². The van der Waals surface area contributed by atoms with Crippen LogP contribution in [0.1, 0.15) is 25.0 Å². The molecule has 0 heterocycles. The fraction of sp³-hybridized carbons (Fsp3) is 0.200. The molecule has 0 spiro atoms. The molecule has 0 unspecified atom stereocenters. The first-order valence-corrected chi connectivity index (χ1v) is 7.88. The maximum absolute atomic E-state index is 11.6. The second-order valence-electron chi connectivity index (χ2n) is 5.02. The zero-order chi connectivity index (χ0) is 17.6. The Labute approximate surface area is 143 Å². The molecule has 0 fully saturated rings. The normalized spacial score (nSPS) is 11.8. The quantitative estimate of drug-likeness (QED) is 0.570. The zero-order valence-corrected chi connectivity index (χ0v) is 14.2. The van der Waals surface area contributed by atoms with E-state index < -0.39 is 0 Å². The molecule has 2 N–H and O–H groups in total. The van der Waals surface area contributed by atoms with Gasteiger partial charge in [-0.1, -0.05) is 60.7 Å². The predicted octanol–water partition coefficient (Wildman–Crippen LogP) is 3.18. The van der Waals surface area contributed by atoms with Gasteiger partial charge >= 0.3 is 0 Å². The molecule has 0 saturated carbocycles. The fourth-order valence-corrected chi connectivity index (χ4v) is 1.78. The van der Waals surface area contributed by atoms with Crippen molar-refractivity contribution in [2.24, 2.45) is 0 Å². The van der Waals surface area contributed by atoms with Crippen LogP contribution >= 0.6 is 0 Å². The summed E-state index contributed by atoms with van der Waals surface area (Å²) in [5.74, 6) is -0.255. The minimum absolute atomic E-state index is 0.127. The average molecular weight is 324 g/mol. The lowest BCUT2D eigenvalue weighted by molar-refractivity contribution is -0.117. The number of amides is 2. The molecular formula is C20H24N2O2. The Morgan fingerprint density at radius 3 is 1.46 bits per heavy atom. The van der Waals surface area contributed by atoms with Crippen LogP contribution in [-0.4, -0.2) is 11.8 Å². The fourth-order valence-electron chi connectivity index (χ4n) is 1.78. The summed E-state index contributed by atoms with van der Waals surface area (Å²) in [5.41, 5.74) is 2.01. The van der Waals surface area contributed by atoms with Crippen LogP contribution in [0.4, 0.5) is 0 Å². The lowest BCUT2D eigenvalue weighted by Gasteiger charge is -2.06. The Morgan fingerprint density at radius 1 is 0.750 bits per heavy atom. The van der Waals surface area contributed by atoms with Gasteiger partial charge in [0.15, 0.2) is 0 Å². The molecule has 0 aliphatic heterocycles. The van der Waals surface area contributed by atoms with E-state index in [-0.39, 0.29) is 11.8 Å². The molecule has 1 aromatic rings. The maximum Gasteiger partial charge on any atom is 0.244 e. The van der Waals surface area contributed by atoms with E-state index in [1.54, 1.807) is 24.3 Å². The third-order valence-corrected chi connectivity index (χ3v) is 3.06. The van der Waals surface area contributed by atoms with E-state index >= 15 is 0 Å². The molecule has 0 aliphatic carbocycles. The van der Waals surface area contributed by atoms with Crippen LogP contribution in [-0.2, 0) is 22.7 Å². The summed E-state index contributed by atoms with van der Waals surface area (Å²) in [4.78, 5) is 23.1. The number of hydrogen-bond donors (Lipinski definition) is 2. The van der Waals surface area contributed by atoms with Crippen molar-refractivity contribution in [2.75, 3.05) is 0 Å². The number of carbonyl (C=O) groups excluding carboxylic acids is 2. The molecule has 0 aliphatic rings. The van der Waals surface area contributed by atoms with Gasteiger partial charge in [-0.05, 0) is 25.0 Å². The highest BCUT2D eigenvalue weighted by atomic mass is 16.2. The third kappa shape index (κ3) is 8.54. The van der Waals surface area contributed by atoms with Crippen molar-refractivity contribution in [3.63, 3.8) is 0 Å². The summed E-state index contributed by atoms with van der Waals surface area (Å²) in [7, 11) is 0. The Balaban J connectivity index is 2.40. The summed E-state index contributed by atoms with van der Waals surface area (Å²) in [6.07, 6.45) is 13.7. The van der Waals surface area contributed by atoms with Gasteiger partial charge < -0.3 is 10.6 Å². The second kappa shape index (κ2) is 11.7. The van der Waals surface area contributed by atoms with Crippen LogP contribution in [0.2, 0.25) is 0 Å². The summed E-state index contributed by atoms with van der Waals surface area (Å²) in [6.45, 7) is 4.73. The van der Waals surface area contributed by atoms with Crippen molar-refractivity contribution < 1.29 is 9.59 Å². The molecular weight excluding hydrogens is 300 g/mol. The van der Waals surface area contributed by atoms with E-state index in [0.29, 0.717) is 13.1 Å². The molecule has 4 nitrogen and oxygen atoms in total. The van der Waals surface area contributed by atoms with Crippen molar-refractivity contribution in [3.05, 3.63) is 84.0 Å². The summed E-state index contributed by atoms with van der Waals surface area (Å²) in [5, 5.41) is 5.62. The van der Waals surface area contributed by atoms with Crippen LogP contribution in [0.15, 0.2) is 72.9 Å². The van der Waals surface area contributed by atoms with E-state index in [1.165, 1.54) is 12.2 Å². The maximum atomic E-state index is 11.6. The highest BCUT2D eigenvalue weighted by Crippen LogP contribution is 2.04. The van der Waals surface area contributed by atoms with Gasteiger partial charge in [0.1, 0.15) is 0 Å². The molecule has 0 bridgehead atoms. The topological polar surface area (TPSA) is 58.2 Å². The number of hydrogen-bond acceptors (Lipinski definition) is 2. The van der Waals surface area contributed by atoms with Crippen molar-refractivity contribution in [2.45, 2.75) is 26.9 Å².